The first-order valence-corrected chi connectivity index (χ1v) is 6.09. The van der Waals surface area contributed by atoms with E-state index in [1.165, 1.54) is 7.11 Å². The molecule has 2 aromatic carbocycles. The summed E-state index contributed by atoms with van der Waals surface area (Å²) >= 11 is 0. The van der Waals surface area contributed by atoms with Crippen LogP contribution in [0.1, 0.15) is 22.0 Å². The maximum Gasteiger partial charge on any atom is 0.194 e. The van der Waals surface area contributed by atoms with Gasteiger partial charge in [0.15, 0.2) is 5.78 Å². The summed E-state index contributed by atoms with van der Waals surface area (Å²) in [7, 11) is 1.49. The minimum Gasteiger partial charge on any atom is -0.382 e. The molecule has 0 aliphatic rings. The molecule has 98 valence electrons. The molecule has 0 saturated carbocycles. The predicted molar refractivity (Wildman–Crippen MR) is 73.0 cm³/mol. The fourth-order valence-corrected chi connectivity index (χ4v) is 2.00. The molecule has 0 fully saturated rings. The number of ketones is 1. The molecule has 0 aliphatic carbocycles. The van der Waals surface area contributed by atoms with Crippen LogP contribution in [0, 0.1) is 0 Å². The monoisotopic (exact) mass is 256 g/mol. The van der Waals surface area contributed by atoms with Gasteiger partial charge in [0.1, 0.15) is 12.2 Å². The summed E-state index contributed by atoms with van der Waals surface area (Å²) in [6.45, 7) is 0. The molecule has 0 heterocycles. The summed E-state index contributed by atoms with van der Waals surface area (Å²) in [5.41, 5.74) is 1.26. The topological polar surface area (TPSA) is 46.5 Å². The van der Waals surface area contributed by atoms with Crippen molar-refractivity contribution >= 4 is 5.78 Å². The lowest BCUT2D eigenvalue weighted by molar-refractivity contribution is -0.00430. The van der Waals surface area contributed by atoms with Crippen molar-refractivity contribution in [2.24, 2.45) is 0 Å². The highest BCUT2D eigenvalue weighted by Gasteiger charge is 2.28. The van der Waals surface area contributed by atoms with E-state index in [4.69, 9.17) is 4.74 Å². The first-order chi connectivity index (χ1) is 9.24. The van der Waals surface area contributed by atoms with E-state index in [1.54, 1.807) is 24.3 Å². The summed E-state index contributed by atoms with van der Waals surface area (Å²) in [5, 5.41) is 10.2. The molecule has 2 aromatic rings. The van der Waals surface area contributed by atoms with Crippen LogP contribution in [-0.2, 0) is 4.74 Å². The van der Waals surface area contributed by atoms with Crippen molar-refractivity contribution in [1.29, 1.82) is 0 Å². The van der Waals surface area contributed by atoms with E-state index >= 15 is 0 Å². The van der Waals surface area contributed by atoms with Crippen molar-refractivity contribution in [3.05, 3.63) is 71.8 Å². The predicted octanol–water partition coefficient (Wildman–Crippen LogP) is 2.62. The Morgan fingerprint density at radius 2 is 1.53 bits per heavy atom. The van der Waals surface area contributed by atoms with Gasteiger partial charge in [0.25, 0.3) is 0 Å². The minimum atomic E-state index is -1.21. The third kappa shape index (κ3) is 3.08. The Kier molecular flexibility index (Phi) is 4.44. The Balaban J connectivity index is 2.22. The second-order valence-corrected chi connectivity index (χ2v) is 4.24. The largest absolute Gasteiger partial charge is 0.382 e. The first-order valence-electron chi connectivity index (χ1n) is 6.09. The minimum absolute atomic E-state index is 0.337. The Labute approximate surface area is 112 Å². The molecule has 19 heavy (non-hydrogen) atoms. The van der Waals surface area contributed by atoms with Gasteiger partial charge >= 0.3 is 0 Å². The second-order valence-electron chi connectivity index (χ2n) is 4.24. The average molecular weight is 256 g/mol. The Morgan fingerprint density at radius 3 is 2.05 bits per heavy atom. The number of aliphatic hydroxyl groups is 1. The van der Waals surface area contributed by atoms with Gasteiger partial charge < -0.3 is 9.84 Å². The Morgan fingerprint density at radius 1 is 1.00 bits per heavy atom. The number of aliphatic hydroxyl groups excluding tert-OH is 1. The zero-order chi connectivity index (χ0) is 13.7. The molecule has 2 rings (SSSR count). The third-order valence-electron chi connectivity index (χ3n) is 3.00. The van der Waals surface area contributed by atoms with Gasteiger partial charge in [-0.25, -0.2) is 0 Å². The molecule has 0 amide bonds. The lowest BCUT2D eigenvalue weighted by Crippen LogP contribution is -2.29. The standard InChI is InChI=1S/C16H16O3/c1-19-16(13-10-6-3-7-11-13)15(18)14(17)12-8-4-2-5-9-12/h2-11,15-16,18H,1H3/t15-,16-/m0/s1. The van der Waals surface area contributed by atoms with Crippen LogP contribution in [0.25, 0.3) is 0 Å². The summed E-state index contributed by atoms with van der Waals surface area (Å²) in [5.74, 6) is -0.337. The molecule has 0 aliphatic heterocycles. The van der Waals surface area contributed by atoms with Crippen LogP contribution in [0.15, 0.2) is 60.7 Å². The number of methoxy groups -OCH3 is 1. The molecule has 0 bridgehead atoms. The van der Waals surface area contributed by atoms with Crippen LogP contribution in [0.5, 0.6) is 0 Å². The van der Waals surface area contributed by atoms with E-state index in [-0.39, 0.29) is 5.78 Å². The van der Waals surface area contributed by atoms with Gasteiger partial charge in [-0.2, -0.15) is 0 Å². The molecule has 2 atom stereocenters. The zero-order valence-electron chi connectivity index (χ0n) is 10.7. The highest BCUT2D eigenvalue weighted by atomic mass is 16.5. The summed E-state index contributed by atoms with van der Waals surface area (Å²) in [6.07, 6.45) is -1.87. The molecule has 3 nitrogen and oxygen atoms in total. The fourth-order valence-electron chi connectivity index (χ4n) is 2.00. The Bertz CT molecular complexity index is 522. The van der Waals surface area contributed by atoms with E-state index in [1.807, 2.05) is 36.4 Å². The van der Waals surface area contributed by atoms with Crippen LogP contribution in [0.3, 0.4) is 0 Å². The van der Waals surface area contributed by atoms with Crippen LogP contribution in [-0.4, -0.2) is 24.1 Å². The highest BCUT2D eigenvalue weighted by molar-refractivity contribution is 5.99. The van der Waals surface area contributed by atoms with Crippen LogP contribution in [0.4, 0.5) is 0 Å². The van der Waals surface area contributed by atoms with E-state index in [0.717, 1.165) is 5.56 Å². The first kappa shape index (κ1) is 13.5. The van der Waals surface area contributed by atoms with Gasteiger partial charge in [0.05, 0.1) is 0 Å². The highest BCUT2D eigenvalue weighted by Crippen LogP contribution is 2.22. The fraction of sp³-hybridized carbons (Fsp3) is 0.188. The van der Waals surface area contributed by atoms with Crippen molar-refractivity contribution in [2.45, 2.75) is 12.2 Å². The number of hydrogen-bond acceptors (Lipinski definition) is 3. The molecular formula is C16H16O3. The average Bonchev–Trinajstić information content (AvgIpc) is 2.49. The Hall–Kier alpha value is -1.97. The van der Waals surface area contributed by atoms with Crippen molar-refractivity contribution in [3.63, 3.8) is 0 Å². The second kappa shape index (κ2) is 6.27. The lowest BCUT2D eigenvalue weighted by atomic mass is 9.97. The molecule has 0 aromatic heterocycles. The van der Waals surface area contributed by atoms with E-state index in [9.17, 15) is 9.90 Å². The summed E-state index contributed by atoms with van der Waals surface area (Å²) in [6, 6.07) is 18.0. The molecule has 0 spiro atoms. The van der Waals surface area contributed by atoms with Gasteiger partial charge in [-0.05, 0) is 5.56 Å². The lowest BCUT2D eigenvalue weighted by Gasteiger charge is -2.21. The van der Waals surface area contributed by atoms with Gasteiger partial charge in [0.2, 0.25) is 0 Å². The number of rotatable bonds is 5. The number of Topliss-reactive ketones (excluding diaryl/α,β-unsaturated/α-hetero) is 1. The van der Waals surface area contributed by atoms with E-state index < -0.39 is 12.2 Å². The van der Waals surface area contributed by atoms with Crippen molar-refractivity contribution in [2.75, 3.05) is 7.11 Å². The number of hydrogen-bond donors (Lipinski definition) is 1. The van der Waals surface area contributed by atoms with Crippen molar-refractivity contribution < 1.29 is 14.6 Å². The molecule has 0 unspecified atom stereocenters. The van der Waals surface area contributed by atoms with Gasteiger partial charge in [-0.1, -0.05) is 60.7 Å². The normalized spacial score (nSPS) is 13.8. The van der Waals surface area contributed by atoms with Gasteiger partial charge in [0, 0.05) is 12.7 Å². The third-order valence-corrected chi connectivity index (χ3v) is 3.00. The molecular weight excluding hydrogens is 240 g/mol. The van der Waals surface area contributed by atoms with Crippen LogP contribution < -0.4 is 0 Å². The SMILES string of the molecule is CO[C@@H](c1ccccc1)[C@@H](O)C(=O)c1ccccc1. The van der Waals surface area contributed by atoms with Crippen LogP contribution in [0.2, 0.25) is 0 Å². The van der Waals surface area contributed by atoms with Crippen LogP contribution >= 0.6 is 0 Å². The zero-order valence-corrected chi connectivity index (χ0v) is 10.7. The molecule has 0 radical (unpaired) electrons. The number of carbonyl (C=O) groups is 1. The molecule has 0 saturated heterocycles. The van der Waals surface area contributed by atoms with Crippen molar-refractivity contribution in [3.8, 4) is 0 Å². The summed E-state index contributed by atoms with van der Waals surface area (Å²) in [4.78, 5) is 12.2. The molecule has 1 N–H and O–H groups in total. The molecule has 3 heteroatoms. The number of benzene rings is 2. The maximum absolute atomic E-state index is 12.2. The van der Waals surface area contributed by atoms with E-state index in [2.05, 4.69) is 0 Å². The van der Waals surface area contributed by atoms with Gasteiger partial charge in [-0.15, -0.1) is 0 Å². The van der Waals surface area contributed by atoms with Crippen molar-refractivity contribution in [1.82, 2.24) is 0 Å². The van der Waals surface area contributed by atoms with E-state index in [0.29, 0.717) is 5.56 Å². The number of ether oxygens (including phenoxy) is 1. The van der Waals surface area contributed by atoms with Gasteiger partial charge in [-0.3, -0.25) is 4.79 Å². The maximum atomic E-state index is 12.2. The smallest absolute Gasteiger partial charge is 0.194 e. The number of carbonyl (C=O) groups excluding carboxylic acids is 1. The quantitative estimate of drug-likeness (QED) is 0.836. The summed E-state index contributed by atoms with van der Waals surface area (Å²) < 4.78 is 5.27.